The van der Waals surface area contributed by atoms with Gasteiger partial charge in [0.05, 0.1) is 18.3 Å². The summed E-state index contributed by atoms with van der Waals surface area (Å²) < 4.78 is 1.99. The lowest BCUT2D eigenvalue weighted by Gasteiger charge is -2.38. The normalized spacial score (nSPS) is 25.4. The van der Waals surface area contributed by atoms with E-state index < -0.39 is 5.97 Å². The zero-order valence-corrected chi connectivity index (χ0v) is 12.0. The monoisotopic (exact) mass is 303 g/mol. The van der Waals surface area contributed by atoms with E-state index in [1.807, 2.05) is 22.5 Å². The molecule has 0 spiro atoms. The van der Waals surface area contributed by atoms with Crippen molar-refractivity contribution in [3.63, 3.8) is 0 Å². The summed E-state index contributed by atoms with van der Waals surface area (Å²) in [6.45, 7) is 0.900. The molecule has 108 valence electrons. The molecule has 1 amide bonds. The number of aromatic nitrogens is 2. The second-order valence-corrected chi connectivity index (χ2v) is 6.36. The first-order valence-electron chi connectivity index (χ1n) is 6.78. The van der Waals surface area contributed by atoms with Crippen molar-refractivity contribution >= 4 is 29.7 Å². The highest BCUT2D eigenvalue weighted by Gasteiger charge is 2.48. The van der Waals surface area contributed by atoms with Gasteiger partial charge in [-0.25, -0.2) is 4.79 Å². The maximum Gasteiger partial charge on any atom is 0.352 e. The van der Waals surface area contributed by atoms with Crippen LogP contribution in [0, 0.1) is 0 Å². The highest BCUT2D eigenvalue weighted by Crippen LogP contribution is 2.39. The minimum absolute atomic E-state index is 0.0997. The highest BCUT2D eigenvalue weighted by atomic mass is 32.2. The Bertz CT molecular complexity index is 696. The van der Waals surface area contributed by atoms with E-state index in [1.165, 1.54) is 10.6 Å². The molecule has 0 unspecified atom stereocenters. The Kier molecular flexibility index (Phi) is 2.72. The van der Waals surface area contributed by atoms with Crippen LogP contribution in [-0.2, 0) is 21.9 Å². The number of aryl methyl sites for hydroxylation is 1. The maximum atomic E-state index is 12.1. The summed E-state index contributed by atoms with van der Waals surface area (Å²) in [5.41, 5.74) is 2.73. The Morgan fingerprint density at radius 3 is 3.14 bits per heavy atom. The van der Waals surface area contributed by atoms with Crippen LogP contribution < -0.4 is 0 Å². The molecule has 0 bridgehead atoms. The molecule has 0 aromatic carbocycles. The van der Waals surface area contributed by atoms with E-state index >= 15 is 0 Å². The number of amides is 1. The zero-order chi connectivity index (χ0) is 14.6. The van der Waals surface area contributed by atoms with Crippen LogP contribution in [0.4, 0.5) is 0 Å². The molecule has 0 radical (unpaired) electrons. The van der Waals surface area contributed by atoms with Gasteiger partial charge in [-0.15, -0.1) is 0 Å². The van der Waals surface area contributed by atoms with E-state index in [9.17, 15) is 9.59 Å². The minimum atomic E-state index is -1.04. The third-order valence-electron chi connectivity index (χ3n) is 4.03. The Morgan fingerprint density at radius 1 is 1.52 bits per heavy atom. The number of rotatable bonds is 2. The number of β-lactam (4-membered cyclic amide) rings is 1. The number of carboxylic acid groups (broad SMARTS) is 1. The van der Waals surface area contributed by atoms with Crippen molar-refractivity contribution in [2.75, 3.05) is 5.75 Å². The average Bonchev–Trinajstić information content (AvgIpc) is 3.05. The van der Waals surface area contributed by atoms with Crippen LogP contribution in [0.2, 0.25) is 0 Å². The van der Waals surface area contributed by atoms with Gasteiger partial charge in [0.1, 0.15) is 5.70 Å². The van der Waals surface area contributed by atoms with Crippen molar-refractivity contribution in [1.29, 1.82) is 0 Å². The molecule has 4 heterocycles. The van der Waals surface area contributed by atoms with Gasteiger partial charge in [0.25, 0.3) is 5.91 Å². The number of nitrogens with zero attached hydrogens (tertiary/aromatic N) is 3. The number of thioether (sulfide) groups is 1. The fourth-order valence-electron chi connectivity index (χ4n) is 3.02. The summed E-state index contributed by atoms with van der Waals surface area (Å²) in [4.78, 5) is 24.5. The Morgan fingerprint density at radius 2 is 2.38 bits per heavy atom. The molecule has 0 aliphatic carbocycles. The molecule has 1 aromatic heterocycles. The second kappa shape index (κ2) is 4.49. The first-order chi connectivity index (χ1) is 10.1. The van der Waals surface area contributed by atoms with Crippen molar-refractivity contribution in [3.05, 3.63) is 34.8 Å². The minimum Gasteiger partial charge on any atom is -0.477 e. The average molecular weight is 303 g/mol. The van der Waals surface area contributed by atoms with Gasteiger partial charge < -0.3 is 5.11 Å². The number of carbonyl (C=O) groups excluding carboxylic acids is 1. The highest BCUT2D eigenvalue weighted by molar-refractivity contribution is 7.98. The molecule has 0 saturated carbocycles. The number of aliphatic carboxylic acids is 1. The number of carbonyl (C=O) groups is 2. The Labute approximate surface area is 125 Å². The molecule has 4 rings (SSSR count). The first-order valence-corrected chi connectivity index (χ1v) is 7.93. The van der Waals surface area contributed by atoms with E-state index in [2.05, 4.69) is 5.10 Å². The third kappa shape index (κ3) is 1.84. The SMILES string of the molecule is O=C(O)C1=CC[C@@H]2C(=Cc3cc4n(n3)CCSC4)C(=O)N12. The van der Waals surface area contributed by atoms with Crippen molar-refractivity contribution < 1.29 is 14.7 Å². The van der Waals surface area contributed by atoms with E-state index in [0.717, 1.165) is 23.7 Å². The molecule has 3 aliphatic rings. The molecular formula is C14H13N3O3S. The molecule has 6 nitrogen and oxygen atoms in total. The van der Waals surface area contributed by atoms with Gasteiger partial charge in [0.2, 0.25) is 0 Å². The second-order valence-electron chi connectivity index (χ2n) is 5.26. The number of hydrogen-bond donors (Lipinski definition) is 1. The lowest BCUT2D eigenvalue weighted by atomic mass is 9.93. The van der Waals surface area contributed by atoms with E-state index in [4.69, 9.17) is 5.11 Å². The zero-order valence-electron chi connectivity index (χ0n) is 11.2. The number of carboxylic acids is 1. The van der Waals surface area contributed by atoms with Crippen LogP contribution in [0.25, 0.3) is 6.08 Å². The molecule has 1 atom stereocenters. The van der Waals surface area contributed by atoms with Crippen LogP contribution in [0.3, 0.4) is 0 Å². The van der Waals surface area contributed by atoms with Crippen molar-refractivity contribution in [1.82, 2.24) is 14.7 Å². The van der Waals surface area contributed by atoms with Gasteiger partial charge in [-0.1, -0.05) is 6.08 Å². The van der Waals surface area contributed by atoms with E-state index in [-0.39, 0.29) is 17.6 Å². The van der Waals surface area contributed by atoms with Gasteiger partial charge in [0, 0.05) is 22.8 Å². The molecule has 1 N–H and O–H groups in total. The number of fused-ring (bicyclic) bond motifs is 2. The quantitative estimate of drug-likeness (QED) is 0.654. The fourth-order valence-corrected chi connectivity index (χ4v) is 3.91. The summed E-state index contributed by atoms with van der Waals surface area (Å²) in [5, 5.41) is 13.5. The molecule has 21 heavy (non-hydrogen) atoms. The molecular weight excluding hydrogens is 290 g/mol. The molecule has 1 fully saturated rings. The summed E-state index contributed by atoms with van der Waals surface area (Å²) in [6.07, 6.45) is 3.99. The lowest BCUT2D eigenvalue weighted by Crippen LogP contribution is -2.52. The first kappa shape index (κ1) is 12.7. The summed E-state index contributed by atoms with van der Waals surface area (Å²) >= 11 is 1.88. The third-order valence-corrected chi connectivity index (χ3v) is 5.00. The van der Waals surface area contributed by atoms with Crippen LogP contribution in [0.1, 0.15) is 17.8 Å². The van der Waals surface area contributed by atoms with Crippen molar-refractivity contribution in [2.45, 2.75) is 24.8 Å². The standard InChI is InChI=1S/C14H13N3O3S/c18-13-10(11-1-2-12(14(19)20)17(11)13)6-8-5-9-7-21-4-3-16(9)15-8/h2,5-6,11H,1,3-4,7H2,(H,19,20)/t11-/m1/s1. The van der Waals surface area contributed by atoms with Crippen LogP contribution >= 0.6 is 11.8 Å². The lowest BCUT2D eigenvalue weighted by molar-refractivity contribution is -0.142. The molecule has 1 aromatic rings. The number of hydrogen-bond acceptors (Lipinski definition) is 4. The van der Waals surface area contributed by atoms with Crippen molar-refractivity contribution in [2.24, 2.45) is 0 Å². The van der Waals surface area contributed by atoms with E-state index in [1.54, 1.807) is 12.2 Å². The topological polar surface area (TPSA) is 75.4 Å². The van der Waals surface area contributed by atoms with Crippen molar-refractivity contribution in [3.8, 4) is 0 Å². The summed E-state index contributed by atoms with van der Waals surface area (Å²) in [5.74, 6) is 0.752. The van der Waals surface area contributed by atoms with Gasteiger partial charge in [-0.3, -0.25) is 14.4 Å². The summed E-state index contributed by atoms with van der Waals surface area (Å²) in [6, 6.07) is 1.88. The van der Waals surface area contributed by atoms with E-state index in [0.29, 0.717) is 12.0 Å². The van der Waals surface area contributed by atoms with Crippen LogP contribution in [-0.4, -0.2) is 43.5 Å². The Hall–Kier alpha value is -2.02. The fraction of sp³-hybridized carbons (Fsp3) is 0.357. The molecule has 3 aliphatic heterocycles. The predicted molar refractivity (Wildman–Crippen MR) is 77.3 cm³/mol. The largest absolute Gasteiger partial charge is 0.477 e. The Balaban J connectivity index is 1.60. The van der Waals surface area contributed by atoms with Crippen LogP contribution in [0.15, 0.2) is 23.4 Å². The van der Waals surface area contributed by atoms with Gasteiger partial charge >= 0.3 is 5.97 Å². The predicted octanol–water partition coefficient (Wildman–Crippen LogP) is 1.10. The van der Waals surface area contributed by atoms with Gasteiger partial charge in [-0.2, -0.15) is 16.9 Å². The van der Waals surface area contributed by atoms with Gasteiger partial charge in [-0.05, 0) is 18.6 Å². The molecule has 1 saturated heterocycles. The maximum absolute atomic E-state index is 12.1. The smallest absolute Gasteiger partial charge is 0.352 e. The molecule has 7 heteroatoms. The van der Waals surface area contributed by atoms with Crippen LogP contribution in [0.5, 0.6) is 0 Å². The summed E-state index contributed by atoms with van der Waals surface area (Å²) in [7, 11) is 0. The van der Waals surface area contributed by atoms with Gasteiger partial charge in [0.15, 0.2) is 0 Å².